The van der Waals surface area contributed by atoms with Crippen LogP contribution in [0.4, 0.5) is 0 Å². The van der Waals surface area contributed by atoms with Crippen LogP contribution in [0.3, 0.4) is 0 Å². The van der Waals surface area contributed by atoms with E-state index in [-0.39, 0.29) is 24.0 Å². The van der Waals surface area contributed by atoms with E-state index in [4.69, 9.17) is 9.47 Å². The molecule has 144 valence electrons. The Hall–Kier alpha value is -1.52. The van der Waals surface area contributed by atoms with Crippen molar-refractivity contribution in [2.45, 2.75) is 19.6 Å². The first-order valence-corrected chi connectivity index (χ1v) is 8.99. The van der Waals surface area contributed by atoms with E-state index in [9.17, 15) is 5.11 Å². The third-order valence-corrected chi connectivity index (χ3v) is 4.40. The second-order valence-corrected chi connectivity index (χ2v) is 6.35. The number of nitrogens with zero attached hydrogens (tertiary/aromatic N) is 1. The Labute approximate surface area is 175 Å². The molecule has 1 atom stereocenters. The molecule has 6 nitrogen and oxygen atoms in total. The van der Waals surface area contributed by atoms with Crippen molar-refractivity contribution in [3.05, 3.63) is 46.2 Å². The van der Waals surface area contributed by atoms with E-state index in [0.29, 0.717) is 30.5 Å². The normalized spacial score (nSPS) is 12.1. The summed E-state index contributed by atoms with van der Waals surface area (Å²) in [4.78, 5) is 5.72. The molecule has 0 radical (unpaired) electrons. The molecule has 0 amide bonds. The van der Waals surface area contributed by atoms with Crippen LogP contribution >= 0.6 is 35.3 Å². The van der Waals surface area contributed by atoms with Crippen LogP contribution in [0, 0.1) is 0 Å². The van der Waals surface area contributed by atoms with Crippen LogP contribution in [-0.4, -0.2) is 38.4 Å². The largest absolute Gasteiger partial charge is 0.497 e. The van der Waals surface area contributed by atoms with Gasteiger partial charge in [-0.25, -0.2) is 4.99 Å². The highest BCUT2D eigenvalue weighted by molar-refractivity contribution is 14.0. The monoisotopic (exact) mass is 491 g/mol. The van der Waals surface area contributed by atoms with Crippen molar-refractivity contribution in [2.24, 2.45) is 4.99 Å². The Bertz CT molecular complexity index is 658. The fourth-order valence-corrected chi connectivity index (χ4v) is 2.86. The number of halogens is 1. The molecule has 3 N–H and O–H groups in total. The molecule has 0 aliphatic carbocycles. The Kier molecular flexibility index (Phi) is 10.4. The number of methoxy groups -OCH3 is 2. The van der Waals surface area contributed by atoms with E-state index in [1.165, 1.54) is 4.88 Å². The van der Waals surface area contributed by atoms with Crippen molar-refractivity contribution in [2.75, 3.05) is 27.3 Å². The predicted molar refractivity (Wildman–Crippen MR) is 117 cm³/mol. The first-order chi connectivity index (χ1) is 12.2. The quantitative estimate of drug-likeness (QED) is 0.301. The molecule has 1 aromatic heterocycles. The van der Waals surface area contributed by atoms with Crippen molar-refractivity contribution >= 4 is 41.3 Å². The number of aliphatic hydroxyl groups excluding tert-OH is 1. The Morgan fingerprint density at radius 3 is 2.42 bits per heavy atom. The second kappa shape index (κ2) is 12.0. The molecule has 0 aliphatic rings. The summed E-state index contributed by atoms with van der Waals surface area (Å²) in [6, 6.07) is 9.43. The van der Waals surface area contributed by atoms with Gasteiger partial charge in [-0.2, -0.15) is 0 Å². The third kappa shape index (κ3) is 7.00. The zero-order chi connectivity index (χ0) is 18.1. The summed E-state index contributed by atoms with van der Waals surface area (Å²) in [7, 11) is 3.17. The van der Waals surface area contributed by atoms with Crippen LogP contribution in [0.5, 0.6) is 11.5 Å². The number of hydrogen-bond donors (Lipinski definition) is 3. The minimum absolute atomic E-state index is 0. The molecule has 2 aromatic rings. The van der Waals surface area contributed by atoms with Crippen LogP contribution in [-0.2, 0) is 6.54 Å². The zero-order valence-corrected chi connectivity index (χ0v) is 18.3. The fraction of sp³-hybridized carbons (Fsp3) is 0.389. The first-order valence-electron chi connectivity index (χ1n) is 8.11. The van der Waals surface area contributed by atoms with E-state index < -0.39 is 6.10 Å². The number of hydrogen-bond acceptors (Lipinski definition) is 5. The SMILES string of the molecule is CCNC(=NCc1cccs1)NCC(O)c1cc(OC)cc(OC)c1.I. The average Bonchev–Trinajstić information content (AvgIpc) is 3.16. The molecule has 0 fully saturated rings. The van der Waals surface area contributed by atoms with Crippen molar-refractivity contribution in [1.29, 1.82) is 0 Å². The van der Waals surface area contributed by atoms with Crippen molar-refractivity contribution in [1.82, 2.24) is 10.6 Å². The maximum absolute atomic E-state index is 10.5. The van der Waals surface area contributed by atoms with Crippen LogP contribution in [0.25, 0.3) is 0 Å². The number of nitrogens with one attached hydrogen (secondary N) is 2. The molecule has 0 saturated heterocycles. The maximum atomic E-state index is 10.5. The molecule has 1 heterocycles. The van der Waals surface area contributed by atoms with E-state index in [1.54, 1.807) is 43.8 Å². The highest BCUT2D eigenvalue weighted by Crippen LogP contribution is 2.26. The van der Waals surface area contributed by atoms with Crippen molar-refractivity contribution in [3.63, 3.8) is 0 Å². The van der Waals surface area contributed by atoms with Gasteiger partial charge < -0.3 is 25.2 Å². The van der Waals surface area contributed by atoms with Gasteiger partial charge in [0.25, 0.3) is 0 Å². The molecule has 0 bridgehead atoms. The van der Waals surface area contributed by atoms with Crippen LogP contribution in [0.2, 0.25) is 0 Å². The molecule has 0 saturated carbocycles. The van der Waals surface area contributed by atoms with Crippen LogP contribution in [0.15, 0.2) is 40.7 Å². The predicted octanol–water partition coefficient (Wildman–Crippen LogP) is 3.17. The van der Waals surface area contributed by atoms with E-state index in [2.05, 4.69) is 21.7 Å². The number of rotatable bonds is 8. The lowest BCUT2D eigenvalue weighted by Gasteiger charge is -2.17. The summed E-state index contributed by atoms with van der Waals surface area (Å²) in [6.45, 7) is 3.69. The molecule has 8 heteroatoms. The van der Waals surface area contributed by atoms with Gasteiger partial charge in [0.1, 0.15) is 11.5 Å². The summed E-state index contributed by atoms with van der Waals surface area (Å²) < 4.78 is 10.5. The molecule has 1 unspecified atom stereocenters. The Morgan fingerprint density at radius 1 is 1.19 bits per heavy atom. The van der Waals surface area contributed by atoms with E-state index >= 15 is 0 Å². The van der Waals surface area contributed by atoms with Crippen molar-refractivity contribution < 1.29 is 14.6 Å². The average molecular weight is 491 g/mol. The minimum atomic E-state index is -0.713. The topological polar surface area (TPSA) is 75.1 Å². The summed E-state index contributed by atoms with van der Waals surface area (Å²) in [5, 5.41) is 18.9. The van der Waals surface area contributed by atoms with E-state index in [1.807, 2.05) is 18.4 Å². The van der Waals surface area contributed by atoms with E-state index in [0.717, 1.165) is 12.1 Å². The Morgan fingerprint density at radius 2 is 1.88 bits per heavy atom. The number of benzene rings is 1. The van der Waals surface area contributed by atoms with Gasteiger partial charge in [0.05, 0.1) is 26.9 Å². The van der Waals surface area contributed by atoms with Gasteiger partial charge in [0.15, 0.2) is 5.96 Å². The highest BCUT2D eigenvalue weighted by atomic mass is 127. The Balaban J connectivity index is 0.00000338. The molecular formula is C18H26IN3O3S. The van der Waals surface area contributed by atoms with Gasteiger partial charge >= 0.3 is 0 Å². The molecule has 26 heavy (non-hydrogen) atoms. The number of guanidine groups is 1. The standard InChI is InChI=1S/C18H25N3O3S.HI/c1-4-19-18(20-11-16-6-5-7-25-16)21-12-17(22)13-8-14(23-2)10-15(9-13)24-3;/h5-10,17,22H,4,11-12H2,1-3H3,(H2,19,20,21);1H. The summed E-state index contributed by atoms with van der Waals surface area (Å²) in [6.07, 6.45) is -0.713. The maximum Gasteiger partial charge on any atom is 0.191 e. The second-order valence-electron chi connectivity index (χ2n) is 5.32. The van der Waals surface area contributed by atoms with Crippen molar-refractivity contribution in [3.8, 4) is 11.5 Å². The van der Waals surface area contributed by atoms with Gasteiger partial charge in [-0.05, 0) is 36.1 Å². The molecule has 2 rings (SSSR count). The molecule has 0 spiro atoms. The smallest absolute Gasteiger partial charge is 0.191 e. The summed E-state index contributed by atoms with van der Waals surface area (Å²) in [5.41, 5.74) is 0.720. The summed E-state index contributed by atoms with van der Waals surface area (Å²) >= 11 is 1.67. The van der Waals surface area contributed by atoms with Gasteiger partial charge in [-0.3, -0.25) is 0 Å². The number of aliphatic hydroxyl groups is 1. The summed E-state index contributed by atoms with van der Waals surface area (Å²) in [5.74, 6) is 1.96. The van der Waals surface area contributed by atoms with Gasteiger partial charge in [0.2, 0.25) is 0 Å². The molecular weight excluding hydrogens is 465 g/mol. The fourth-order valence-electron chi connectivity index (χ4n) is 2.23. The zero-order valence-electron chi connectivity index (χ0n) is 15.2. The lowest BCUT2D eigenvalue weighted by atomic mass is 10.1. The lowest BCUT2D eigenvalue weighted by Crippen LogP contribution is -2.39. The van der Waals surface area contributed by atoms with Gasteiger partial charge in [-0.1, -0.05) is 6.07 Å². The number of thiophene rings is 1. The first kappa shape index (κ1) is 22.5. The molecule has 0 aliphatic heterocycles. The molecule has 1 aromatic carbocycles. The lowest BCUT2D eigenvalue weighted by molar-refractivity contribution is 0.180. The third-order valence-electron chi connectivity index (χ3n) is 3.54. The number of ether oxygens (including phenoxy) is 2. The van der Waals surface area contributed by atoms with Gasteiger partial charge in [-0.15, -0.1) is 35.3 Å². The van der Waals surface area contributed by atoms with Crippen LogP contribution < -0.4 is 20.1 Å². The van der Waals surface area contributed by atoms with Gasteiger partial charge in [0, 0.05) is 24.0 Å². The highest BCUT2D eigenvalue weighted by Gasteiger charge is 2.12. The number of aliphatic imine (C=N–C) groups is 1. The minimum Gasteiger partial charge on any atom is -0.497 e. The van der Waals surface area contributed by atoms with Crippen LogP contribution in [0.1, 0.15) is 23.5 Å².